The third kappa shape index (κ3) is 3.77. The van der Waals surface area contributed by atoms with Gasteiger partial charge in [0, 0.05) is 12.1 Å². The van der Waals surface area contributed by atoms with Crippen molar-refractivity contribution >= 4 is 39.4 Å². The van der Waals surface area contributed by atoms with Crippen molar-refractivity contribution in [2.75, 3.05) is 13.7 Å². The summed E-state index contributed by atoms with van der Waals surface area (Å²) in [4.78, 5) is 14.9. The van der Waals surface area contributed by atoms with E-state index in [0.717, 1.165) is 15.3 Å². The Kier molecular flexibility index (Phi) is 4.95. The fourth-order valence-electron chi connectivity index (χ4n) is 2.35. The molecule has 0 radical (unpaired) electrons. The Hall–Kier alpha value is -2.93. The first-order valence-corrected chi connectivity index (χ1v) is 8.46. The lowest BCUT2D eigenvalue weighted by atomic mass is 10.2. The Balaban J connectivity index is 1.87. The van der Waals surface area contributed by atoms with Gasteiger partial charge in [0.15, 0.2) is 11.5 Å². The number of hydrogen-bond donors (Lipinski definition) is 0. The highest BCUT2D eigenvalue weighted by Gasteiger charge is 2.09. The van der Waals surface area contributed by atoms with Crippen molar-refractivity contribution in [3.63, 3.8) is 0 Å². The summed E-state index contributed by atoms with van der Waals surface area (Å²) in [6.45, 7) is 2.47. The molecule has 2 aromatic carbocycles. The van der Waals surface area contributed by atoms with Gasteiger partial charge >= 0.3 is 0 Å². The quantitative estimate of drug-likeness (QED) is 0.469. The molecular formula is C18H16N2O4S. The SMILES string of the molecule is CCOc1cc(C=Cc2nc3cc([N+](=O)[O-])ccc3s2)ccc1OC. The van der Waals surface area contributed by atoms with E-state index in [1.54, 1.807) is 13.2 Å². The van der Waals surface area contributed by atoms with Crippen molar-refractivity contribution in [2.45, 2.75) is 6.92 Å². The lowest BCUT2D eigenvalue weighted by Crippen LogP contribution is -1.95. The lowest BCUT2D eigenvalue weighted by Gasteiger charge is -2.09. The van der Waals surface area contributed by atoms with Crippen molar-refractivity contribution in [1.29, 1.82) is 0 Å². The first kappa shape index (κ1) is 16.9. The van der Waals surface area contributed by atoms with Crippen LogP contribution in [0, 0.1) is 10.1 Å². The van der Waals surface area contributed by atoms with Gasteiger partial charge in [-0.1, -0.05) is 12.1 Å². The molecule has 7 heteroatoms. The predicted molar refractivity (Wildman–Crippen MR) is 99.4 cm³/mol. The van der Waals surface area contributed by atoms with Gasteiger partial charge < -0.3 is 9.47 Å². The van der Waals surface area contributed by atoms with Crippen LogP contribution in [0.2, 0.25) is 0 Å². The van der Waals surface area contributed by atoms with Gasteiger partial charge in [-0.25, -0.2) is 4.98 Å². The van der Waals surface area contributed by atoms with E-state index in [9.17, 15) is 10.1 Å². The third-order valence-electron chi connectivity index (χ3n) is 3.50. The van der Waals surface area contributed by atoms with E-state index in [2.05, 4.69) is 4.98 Å². The number of hydrogen-bond acceptors (Lipinski definition) is 6. The van der Waals surface area contributed by atoms with Crippen LogP contribution in [0.25, 0.3) is 22.4 Å². The summed E-state index contributed by atoms with van der Waals surface area (Å²) in [6.07, 6.45) is 3.81. The fraction of sp³-hybridized carbons (Fsp3) is 0.167. The maximum Gasteiger partial charge on any atom is 0.271 e. The van der Waals surface area contributed by atoms with Crippen molar-refractivity contribution in [1.82, 2.24) is 4.98 Å². The minimum atomic E-state index is -0.416. The van der Waals surface area contributed by atoms with Crippen molar-refractivity contribution < 1.29 is 14.4 Å². The molecule has 0 aliphatic carbocycles. The molecule has 0 aliphatic heterocycles. The Labute approximate surface area is 148 Å². The number of nitro groups is 1. The summed E-state index contributed by atoms with van der Waals surface area (Å²) in [7, 11) is 1.60. The molecule has 0 N–H and O–H groups in total. The average molecular weight is 356 g/mol. The Morgan fingerprint density at radius 1 is 1.20 bits per heavy atom. The maximum atomic E-state index is 10.8. The number of nitro benzene ring substituents is 1. The molecule has 128 valence electrons. The van der Waals surface area contributed by atoms with E-state index in [0.29, 0.717) is 23.6 Å². The number of methoxy groups -OCH3 is 1. The van der Waals surface area contributed by atoms with Crippen LogP contribution in [0.1, 0.15) is 17.5 Å². The van der Waals surface area contributed by atoms with Crippen molar-refractivity contribution in [3.05, 3.63) is 57.1 Å². The number of benzene rings is 2. The molecule has 25 heavy (non-hydrogen) atoms. The second-order valence-corrected chi connectivity index (χ2v) is 6.20. The number of fused-ring (bicyclic) bond motifs is 1. The summed E-state index contributed by atoms with van der Waals surface area (Å²) in [6, 6.07) is 10.4. The summed E-state index contributed by atoms with van der Waals surface area (Å²) < 4.78 is 11.8. The highest BCUT2D eigenvalue weighted by molar-refractivity contribution is 7.19. The van der Waals surface area contributed by atoms with Crippen LogP contribution < -0.4 is 9.47 Å². The summed E-state index contributed by atoms with van der Waals surface area (Å²) >= 11 is 1.48. The molecule has 1 aromatic heterocycles. The van der Waals surface area contributed by atoms with E-state index in [-0.39, 0.29) is 5.69 Å². The minimum Gasteiger partial charge on any atom is -0.493 e. The molecule has 0 aliphatic rings. The molecule has 1 heterocycles. The van der Waals surface area contributed by atoms with Gasteiger partial charge in [0.1, 0.15) is 5.01 Å². The van der Waals surface area contributed by atoms with Gasteiger partial charge in [0.25, 0.3) is 5.69 Å². The van der Waals surface area contributed by atoms with Crippen LogP contribution in [0.4, 0.5) is 5.69 Å². The molecule has 3 aromatic rings. The first-order chi connectivity index (χ1) is 12.1. The minimum absolute atomic E-state index is 0.0461. The Morgan fingerprint density at radius 2 is 2.04 bits per heavy atom. The van der Waals surface area contributed by atoms with Gasteiger partial charge in [-0.15, -0.1) is 11.3 Å². The van der Waals surface area contributed by atoms with Crippen LogP contribution in [-0.2, 0) is 0 Å². The molecule has 0 amide bonds. The van der Waals surface area contributed by atoms with Crippen LogP contribution in [0.5, 0.6) is 11.5 Å². The lowest BCUT2D eigenvalue weighted by molar-refractivity contribution is -0.384. The largest absolute Gasteiger partial charge is 0.493 e. The van der Waals surface area contributed by atoms with Gasteiger partial charge in [-0.05, 0) is 36.8 Å². The molecule has 0 saturated carbocycles. The van der Waals surface area contributed by atoms with Crippen LogP contribution >= 0.6 is 11.3 Å². The van der Waals surface area contributed by atoms with E-state index in [1.165, 1.54) is 23.5 Å². The first-order valence-electron chi connectivity index (χ1n) is 7.64. The number of thiazole rings is 1. The zero-order chi connectivity index (χ0) is 17.8. The predicted octanol–water partition coefficient (Wildman–Crippen LogP) is 4.78. The Bertz CT molecular complexity index is 949. The molecular weight excluding hydrogens is 340 g/mol. The topological polar surface area (TPSA) is 74.5 Å². The zero-order valence-corrected chi connectivity index (χ0v) is 14.6. The van der Waals surface area contributed by atoms with E-state index in [4.69, 9.17) is 9.47 Å². The molecule has 0 atom stereocenters. The molecule has 0 saturated heterocycles. The van der Waals surface area contributed by atoms with Gasteiger partial charge in [0.05, 0.1) is 28.9 Å². The normalized spacial score (nSPS) is 11.1. The highest BCUT2D eigenvalue weighted by Crippen LogP contribution is 2.30. The van der Waals surface area contributed by atoms with Crippen LogP contribution in [-0.4, -0.2) is 23.6 Å². The molecule has 0 bridgehead atoms. The standard InChI is InChI=1S/C18H16N2O4S/c1-3-24-16-10-12(4-7-15(16)23-2)5-9-18-19-14-11-13(20(21)22)6-8-17(14)25-18/h4-11H,3H2,1-2H3. The summed E-state index contributed by atoms with van der Waals surface area (Å²) in [5, 5.41) is 11.6. The van der Waals surface area contributed by atoms with Crippen molar-refractivity contribution in [3.8, 4) is 11.5 Å². The second kappa shape index (κ2) is 7.31. The number of ether oxygens (including phenoxy) is 2. The number of nitrogens with zero attached hydrogens (tertiary/aromatic N) is 2. The number of aromatic nitrogens is 1. The molecule has 0 fully saturated rings. The van der Waals surface area contributed by atoms with Crippen LogP contribution in [0.15, 0.2) is 36.4 Å². The molecule has 0 spiro atoms. The highest BCUT2D eigenvalue weighted by atomic mass is 32.1. The van der Waals surface area contributed by atoms with E-state index in [1.807, 2.05) is 37.3 Å². The fourth-order valence-corrected chi connectivity index (χ4v) is 3.20. The maximum absolute atomic E-state index is 10.8. The summed E-state index contributed by atoms with van der Waals surface area (Å²) in [5.41, 5.74) is 1.63. The second-order valence-electron chi connectivity index (χ2n) is 5.14. The van der Waals surface area contributed by atoms with Gasteiger partial charge in [-0.3, -0.25) is 10.1 Å². The van der Waals surface area contributed by atoms with E-state index < -0.39 is 4.92 Å². The van der Waals surface area contributed by atoms with E-state index >= 15 is 0 Å². The third-order valence-corrected chi connectivity index (χ3v) is 4.51. The smallest absolute Gasteiger partial charge is 0.271 e. The van der Waals surface area contributed by atoms with Gasteiger partial charge in [0.2, 0.25) is 0 Å². The number of rotatable bonds is 6. The average Bonchev–Trinajstić information content (AvgIpc) is 3.02. The van der Waals surface area contributed by atoms with Gasteiger partial charge in [-0.2, -0.15) is 0 Å². The monoisotopic (exact) mass is 356 g/mol. The molecule has 6 nitrogen and oxygen atoms in total. The zero-order valence-electron chi connectivity index (χ0n) is 13.8. The number of non-ortho nitro benzene ring substituents is 1. The summed E-state index contributed by atoms with van der Waals surface area (Å²) in [5.74, 6) is 1.37. The molecule has 3 rings (SSSR count). The van der Waals surface area contributed by atoms with Crippen molar-refractivity contribution in [2.24, 2.45) is 0 Å². The van der Waals surface area contributed by atoms with Crippen LogP contribution in [0.3, 0.4) is 0 Å². The Morgan fingerprint density at radius 3 is 2.76 bits per heavy atom. The molecule has 0 unspecified atom stereocenters.